The Morgan fingerprint density at radius 3 is 2.63 bits per heavy atom. The van der Waals surface area contributed by atoms with Crippen molar-refractivity contribution in [2.75, 3.05) is 10.7 Å². The van der Waals surface area contributed by atoms with E-state index in [-0.39, 0.29) is 17.2 Å². The first-order valence-corrected chi connectivity index (χ1v) is 9.70. The lowest BCUT2D eigenvalue weighted by atomic mass is 10.0. The highest BCUT2D eigenvalue weighted by atomic mass is 32.2. The number of nitrogens with zero attached hydrogens (tertiary/aromatic N) is 3. The van der Waals surface area contributed by atoms with E-state index in [1.807, 2.05) is 74.0 Å². The van der Waals surface area contributed by atoms with Crippen LogP contribution >= 0.6 is 11.8 Å². The van der Waals surface area contributed by atoms with E-state index in [4.69, 9.17) is 0 Å². The highest BCUT2D eigenvalue weighted by molar-refractivity contribution is 8.00. The summed E-state index contributed by atoms with van der Waals surface area (Å²) in [6.07, 6.45) is 0. The number of hydrogen-bond donors (Lipinski definition) is 2. The minimum Gasteiger partial charge on any atom is -0.325 e. The van der Waals surface area contributed by atoms with Crippen LogP contribution in [0.5, 0.6) is 0 Å². The van der Waals surface area contributed by atoms with Crippen molar-refractivity contribution < 1.29 is 4.79 Å². The van der Waals surface area contributed by atoms with Gasteiger partial charge in [0.15, 0.2) is 0 Å². The molecule has 138 valence electrons. The van der Waals surface area contributed by atoms with Crippen LogP contribution in [0.15, 0.2) is 53.7 Å². The summed E-state index contributed by atoms with van der Waals surface area (Å²) in [5, 5.41) is 11.7. The molecule has 0 saturated heterocycles. The summed E-state index contributed by atoms with van der Waals surface area (Å²) in [6.45, 7) is 5.95. The molecule has 0 aliphatic carbocycles. The number of fused-ring (bicyclic) bond motifs is 1. The fourth-order valence-electron chi connectivity index (χ4n) is 3.16. The molecule has 0 radical (unpaired) electrons. The predicted molar refractivity (Wildman–Crippen MR) is 107 cm³/mol. The van der Waals surface area contributed by atoms with Crippen LogP contribution in [0.2, 0.25) is 0 Å². The maximum atomic E-state index is 13.2. The van der Waals surface area contributed by atoms with E-state index in [1.54, 1.807) is 0 Å². The molecule has 2 N–H and O–H groups in total. The van der Waals surface area contributed by atoms with Crippen molar-refractivity contribution in [2.45, 2.75) is 37.2 Å². The van der Waals surface area contributed by atoms with Crippen molar-refractivity contribution in [3.63, 3.8) is 0 Å². The third-order valence-electron chi connectivity index (χ3n) is 4.88. The smallest absolute Gasteiger partial charge is 0.240 e. The van der Waals surface area contributed by atoms with E-state index in [0.717, 1.165) is 28.2 Å². The second kappa shape index (κ2) is 7.08. The lowest BCUT2D eigenvalue weighted by Gasteiger charge is -2.32. The van der Waals surface area contributed by atoms with Crippen molar-refractivity contribution in [3.8, 4) is 0 Å². The highest BCUT2D eigenvalue weighted by Gasteiger charge is 2.37. The Morgan fingerprint density at radius 2 is 1.85 bits per heavy atom. The average Bonchev–Trinajstić information content (AvgIpc) is 3.05. The first kappa shape index (κ1) is 17.6. The summed E-state index contributed by atoms with van der Waals surface area (Å²) in [4.78, 5) is 13.2. The van der Waals surface area contributed by atoms with Gasteiger partial charge < -0.3 is 10.7 Å². The monoisotopic (exact) mass is 379 g/mol. The number of rotatable bonds is 3. The van der Waals surface area contributed by atoms with Crippen LogP contribution in [0.25, 0.3) is 0 Å². The van der Waals surface area contributed by atoms with Gasteiger partial charge in [-0.3, -0.25) is 4.79 Å². The number of anilines is 1. The molecule has 2 heterocycles. The van der Waals surface area contributed by atoms with E-state index in [9.17, 15) is 4.79 Å². The zero-order chi connectivity index (χ0) is 19.0. The number of aryl methyl sites for hydroxylation is 2. The molecule has 2 atom stereocenters. The van der Waals surface area contributed by atoms with E-state index in [0.29, 0.717) is 5.16 Å². The van der Waals surface area contributed by atoms with Gasteiger partial charge in [0.05, 0.1) is 6.04 Å². The Balaban J connectivity index is 1.67. The van der Waals surface area contributed by atoms with E-state index in [1.165, 1.54) is 11.8 Å². The summed E-state index contributed by atoms with van der Waals surface area (Å²) in [5.74, 6) is 0.716. The number of aromatic nitrogens is 3. The Hall–Kier alpha value is -2.80. The molecule has 1 aromatic heterocycles. The normalized spacial score (nSPS) is 18.5. The van der Waals surface area contributed by atoms with Gasteiger partial charge in [0, 0.05) is 5.69 Å². The first-order chi connectivity index (χ1) is 13.0. The molecule has 6 nitrogen and oxygen atoms in total. The average molecular weight is 379 g/mol. The molecule has 27 heavy (non-hydrogen) atoms. The molecule has 7 heteroatoms. The van der Waals surface area contributed by atoms with E-state index in [2.05, 4.69) is 20.9 Å². The number of nitrogens with one attached hydrogen (secondary N) is 2. The third kappa shape index (κ3) is 3.30. The second-order valence-electron chi connectivity index (χ2n) is 6.66. The lowest BCUT2D eigenvalue weighted by molar-refractivity contribution is -0.116. The first-order valence-electron chi connectivity index (χ1n) is 8.82. The standard InChI is InChI=1S/C20H21N5OS/c1-12-8-7-11-16(13(12)2)21-19(26)18-17(15-9-5-4-6-10-15)24-25-14(3)22-23-20(25)27-18/h4-11,17-18,24H,1-3H3,(H,21,26)/t17-,18-/m1/s1. The molecular formula is C20H21N5OS. The minimum absolute atomic E-state index is 0.0537. The summed E-state index contributed by atoms with van der Waals surface area (Å²) in [5.41, 5.74) is 7.53. The van der Waals surface area contributed by atoms with Gasteiger partial charge in [-0.25, -0.2) is 4.68 Å². The molecule has 2 aromatic carbocycles. The van der Waals surface area contributed by atoms with E-state index >= 15 is 0 Å². The molecular weight excluding hydrogens is 358 g/mol. The van der Waals surface area contributed by atoms with E-state index < -0.39 is 0 Å². The molecule has 4 rings (SSSR count). The quantitative estimate of drug-likeness (QED) is 0.727. The summed E-state index contributed by atoms with van der Waals surface area (Å²) in [6, 6.07) is 15.7. The molecule has 1 aliphatic heterocycles. The Morgan fingerprint density at radius 1 is 1.07 bits per heavy atom. The van der Waals surface area contributed by atoms with Crippen LogP contribution in [0, 0.1) is 20.8 Å². The lowest BCUT2D eigenvalue weighted by Crippen LogP contribution is -2.41. The van der Waals surface area contributed by atoms with Gasteiger partial charge in [0.2, 0.25) is 11.1 Å². The number of hydrogen-bond acceptors (Lipinski definition) is 5. The Kier molecular flexibility index (Phi) is 4.61. The van der Waals surface area contributed by atoms with Crippen LogP contribution in [0.4, 0.5) is 5.69 Å². The van der Waals surface area contributed by atoms with Gasteiger partial charge in [0.25, 0.3) is 0 Å². The number of benzene rings is 2. The fourth-order valence-corrected chi connectivity index (χ4v) is 4.29. The zero-order valence-corrected chi connectivity index (χ0v) is 16.2. The topological polar surface area (TPSA) is 71.8 Å². The van der Waals surface area contributed by atoms with Crippen molar-refractivity contribution in [3.05, 3.63) is 71.0 Å². The van der Waals surface area contributed by atoms with Gasteiger partial charge in [-0.1, -0.05) is 54.2 Å². The Labute approximate surface area is 162 Å². The van der Waals surface area contributed by atoms with Crippen molar-refractivity contribution >= 4 is 23.4 Å². The molecule has 0 bridgehead atoms. The highest BCUT2D eigenvalue weighted by Crippen LogP contribution is 2.37. The largest absolute Gasteiger partial charge is 0.325 e. The molecule has 0 fully saturated rings. The molecule has 0 unspecified atom stereocenters. The van der Waals surface area contributed by atoms with Crippen LogP contribution in [0.1, 0.15) is 28.6 Å². The summed E-state index contributed by atoms with van der Waals surface area (Å²) >= 11 is 1.43. The van der Waals surface area contributed by atoms with Gasteiger partial charge in [0.1, 0.15) is 11.1 Å². The van der Waals surface area contributed by atoms with Gasteiger partial charge in [-0.15, -0.1) is 10.2 Å². The maximum Gasteiger partial charge on any atom is 0.240 e. The predicted octanol–water partition coefficient (Wildman–Crippen LogP) is 3.60. The van der Waals surface area contributed by atoms with Crippen LogP contribution in [-0.4, -0.2) is 26.0 Å². The second-order valence-corrected chi connectivity index (χ2v) is 7.77. The molecule has 1 aliphatic rings. The molecule has 0 saturated carbocycles. The summed E-state index contributed by atoms with van der Waals surface area (Å²) in [7, 11) is 0. The zero-order valence-electron chi connectivity index (χ0n) is 15.4. The number of carbonyl (C=O) groups excluding carboxylic acids is 1. The maximum absolute atomic E-state index is 13.2. The molecule has 3 aromatic rings. The molecule has 1 amide bonds. The number of thioether (sulfide) groups is 1. The number of amides is 1. The van der Waals surface area contributed by atoms with Crippen molar-refractivity contribution in [1.29, 1.82) is 0 Å². The van der Waals surface area contributed by atoms with Gasteiger partial charge >= 0.3 is 0 Å². The third-order valence-corrected chi connectivity index (χ3v) is 6.09. The van der Waals surface area contributed by atoms with Crippen molar-refractivity contribution in [1.82, 2.24) is 14.9 Å². The van der Waals surface area contributed by atoms with Crippen LogP contribution < -0.4 is 10.7 Å². The minimum atomic E-state index is -0.372. The fraction of sp³-hybridized carbons (Fsp3) is 0.250. The SMILES string of the molecule is Cc1cccc(NC(=O)[C@@H]2Sc3nnc(C)n3N[C@@H]2c2ccccc2)c1C. The Bertz CT molecular complexity index is 985. The van der Waals surface area contributed by atoms with Crippen LogP contribution in [-0.2, 0) is 4.79 Å². The number of carbonyl (C=O) groups is 1. The van der Waals surface area contributed by atoms with Crippen molar-refractivity contribution in [2.24, 2.45) is 0 Å². The van der Waals surface area contributed by atoms with Gasteiger partial charge in [-0.05, 0) is 43.5 Å². The summed E-state index contributed by atoms with van der Waals surface area (Å²) < 4.78 is 1.85. The van der Waals surface area contributed by atoms with Gasteiger partial charge in [-0.2, -0.15) is 0 Å². The molecule has 0 spiro atoms. The van der Waals surface area contributed by atoms with Crippen LogP contribution in [0.3, 0.4) is 0 Å².